The molecule has 8 atom stereocenters. The minimum atomic E-state index is -1.02. The van der Waals surface area contributed by atoms with E-state index < -0.39 is 28.3 Å². The second-order valence-corrected chi connectivity index (χ2v) is 10.5. The quantitative estimate of drug-likeness (QED) is 0.698. The van der Waals surface area contributed by atoms with E-state index in [1.807, 2.05) is 20.8 Å². The summed E-state index contributed by atoms with van der Waals surface area (Å²) in [6.07, 6.45) is 4.61. The van der Waals surface area contributed by atoms with Gasteiger partial charge in [-0.1, -0.05) is 0 Å². The SMILES string of the molecule is [C-]#[N+]C1C2C([C@@]3(C)CCC(C(C)(C)[N+]#[C-])O3)CC[C@](C)([N+]#[C-])[C@H]2CC[C@@]1(C)O. The molecule has 1 saturated heterocycles. The molecule has 1 aliphatic heterocycles. The number of hydrogen-bond donors (Lipinski definition) is 1. The second-order valence-electron chi connectivity index (χ2n) is 10.5. The minimum Gasteiger partial charge on any atom is -0.382 e. The second kappa shape index (κ2) is 6.73. The molecule has 28 heavy (non-hydrogen) atoms. The Morgan fingerprint density at radius 3 is 2.18 bits per heavy atom. The van der Waals surface area contributed by atoms with Crippen LogP contribution in [0.2, 0.25) is 0 Å². The Labute approximate surface area is 169 Å². The molecular weight excluding hydrogens is 350 g/mol. The van der Waals surface area contributed by atoms with Crippen LogP contribution in [0.15, 0.2) is 0 Å². The standard InChI is InChI=1S/C23H33N3O2/c1-20(2,25-7)17-11-14-23(5,28-17)16-9-12-21(3,26-8)15-10-13-22(4,27)19(24-6)18(15)16/h15-19,27H,9-14H2,1-5H3/t15-,16?,17?,18?,19?,21-,22+,23+/m0/s1. The van der Waals surface area contributed by atoms with Gasteiger partial charge in [-0.15, -0.1) is 0 Å². The van der Waals surface area contributed by atoms with Gasteiger partial charge in [0.25, 0.3) is 11.6 Å². The molecule has 2 saturated carbocycles. The van der Waals surface area contributed by atoms with Gasteiger partial charge in [-0.3, -0.25) is 0 Å². The van der Waals surface area contributed by atoms with Crippen molar-refractivity contribution in [2.75, 3.05) is 0 Å². The molecule has 5 nitrogen and oxygen atoms in total. The first-order valence-corrected chi connectivity index (χ1v) is 10.5. The largest absolute Gasteiger partial charge is 0.382 e. The highest BCUT2D eigenvalue weighted by Gasteiger charge is 2.66. The first-order valence-electron chi connectivity index (χ1n) is 10.5. The molecule has 0 amide bonds. The van der Waals surface area contributed by atoms with Crippen LogP contribution in [-0.2, 0) is 4.74 Å². The lowest BCUT2D eigenvalue weighted by Gasteiger charge is -2.53. The lowest BCUT2D eigenvalue weighted by molar-refractivity contribution is -0.147. The summed E-state index contributed by atoms with van der Waals surface area (Å²) in [7, 11) is 0. The van der Waals surface area contributed by atoms with E-state index in [-0.39, 0.29) is 23.9 Å². The van der Waals surface area contributed by atoms with Gasteiger partial charge in [0.05, 0.1) is 11.5 Å². The van der Waals surface area contributed by atoms with E-state index >= 15 is 0 Å². The van der Waals surface area contributed by atoms with Gasteiger partial charge < -0.3 is 24.4 Å². The molecule has 2 aliphatic carbocycles. The van der Waals surface area contributed by atoms with Gasteiger partial charge in [0.2, 0.25) is 5.54 Å². The Morgan fingerprint density at radius 1 is 0.964 bits per heavy atom. The number of nitrogens with zero attached hydrogens (tertiary/aromatic N) is 3. The first-order chi connectivity index (χ1) is 12.9. The van der Waals surface area contributed by atoms with E-state index in [1.165, 1.54) is 0 Å². The summed E-state index contributed by atoms with van der Waals surface area (Å²) < 4.78 is 6.58. The average Bonchev–Trinajstić information content (AvgIpc) is 3.05. The highest BCUT2D eigenvalue weighted by Crippen LogP contribution is 2.58. The monoisotopic (exact) mass is 383 g/mol. The number of fused-ring (bicyclic) bond motifs is 1. The topological polar surface area (TPSA) is 42.5 Å². The third kappa shape index (κ3) is 3.12. The van der Waals surface area contributed by atoms with E-state index in [4.69, 9.17) is 24.5 Å². The maximum Gasteiger partial charge on any atom is 0.255 e. The zero-order chi connectivity index (χ0) is 21.0. The lowest BCUT2D eigenvalue weighted by Crippen LogP contribution is -2.61. The van der Waals surface area contributed by atoms with Crippen molar-refractivity contribution in [2.24, 2.45) is 17.8 Å². The Balaban J connectivity index is 1.99. The number of rotatable bonds is 2. The predicted octanol–water partition coefficient (Wildman–Crippen LogP) is 4.78. The van der Waals surface area contributed by atoms with Crippen molar-refractivity contribution in [1.29, 1.82) is 0 Å². The Bertz CT molecular complexity index is 755. The molecule has 0 spiro atoms. The fourth-order valence-electron chi connectivity index (χ4n) is 6.25. The highest BCUT2D eigenvalue weighted by atomic mass is 16.5. The zero-order valence-corrected chi connectivity index (χ0v) is 17.8. The maximum atomic E-state index is 11.0. The van der Waals surface area contributed by atoms with Gasteiger partial charge in [-0.2, -0.15) is 0 Å². The van der Waals surface area contributed by atoms with Gasteiger partial charge in [0.15, 0.2) is 0 Å². The summed E-state index contributed by atoms with van der Waals surface area (Å²) in [6.45, 7) is 33.0. The van der Waals surface area contributed by atoms with Crippen molar-refractivity contribution >= 4 is 0 Å². The number of hydrogen-bond acceptors (Lipinski definition) is 2. The van der Waals surface area contributed by atoms with Crippen LogP contribution in [0, 0.1) is 37.5 Å². The van der Waals surface area contributed by atoms with Crippen LogP contribution < -0.4 is 0 Å². The van der Waals surface area contributed by atoms with Gasteiger partial charge >= 0.3 is 0 Å². The van der Waals surface area contributed by atoms with Crippen molar-refractivity contribution < 1.29 is 9.84 Å². The molecule has 1 heterocycles. The van der Waals surface area contributed by atoms with Gasteiger partial charge in [-0.05, 0) is 51.9 Å². The third-order valence-corrected chi connectivity index (χ3v) is 8.22. The highest BCUT2D eigenvalue weighted by molar-refractivity contribution is 5.19. The normalized spacial score (nSPS) is 48.8. The van der Waals surface area contributed by atoms with E-state index in [2.05, 4.69) is 21.5 Å². The van der Waals surface area contributed by atoms with Crippen LogP contribution in [0.5, 0.6) is 0 Å². The summed E-state index contributed by atoms with van der Waals surface area (Å²) in [6, 6.07) is -0.508. The molecule has 3 rings (SSSR count). The molecule has 0 bridgehead atoms. The molecule has 0 aromatic carbocycles. The summed E-state index contributed by atoms with van der Waals surface area (Å²) in [5, 5.41) is 11.0. The van der Waals surface area contributed by atoms with Gasteiger partial charge in [0.1, 0.15) is 11.7 Å². The van der Waals surface area contributed by atoms with Crippen molar-refractivity contribution in [3.8, 4) is 0 Å². The molecule has 0 aromatic rings. The molecular formula is C23H33N3O2. The van der Waals surface area contributed by atoms with E-state index in [0.717, 1.165) is 32.1 Å². The van der Waals surface area contributed by atoms with Gasteiger partial charge in [-0.25, -0.2) is 19.7 Å². The van der Waals surface area contributed by atoms with Crippen LogP contribution in [0.3, 0.4) is 0 Å². The van der Waals surface area contributed by atoms with E-state index in [1.54, 1.807) is 6.92 Å². The van der Waals surface area contributed by atoms with Crippen LogP contribution in [-0.4, -0.2) is 39.5 Å². The summed E-state index contributed by atoms with van der Waals surface area (Å²) >= 11 is 0. The fourth-order valence-corrected chi connectivity index (χ4v) is 6.25. The Hall–Kier alpha value is -1.61. The Morgan fingerprint density at radius 2 is 1.61 bits per heavy atom. The zero-order valence-electron chi connectivity index (χ0n) is 17.8. The molecule has 4 unspecified atom stereocenters. The number of aliphatic hydroxyl groups is 1. The average molecular weight is 384 g/mol. The van der Waals surface area contributed by atoms with Crippen LogP contribution in [0.4, 0.5) is 0 Å². The van der Waals surface area contributed by atoms with Crippen molar-refractivity contribution in [2.45, 2.75) is 108 Å². The minimum absolute atomic E-state index is 0.0473. The summed E-state index contributed by atoms with van der Waals surface area (Å²) in [5.74, 6) is 0.190. The molecule has 152 valence electrons. The number of ether oxygens (including phenoxy) is 1. The maximum absolute atomic E-state index is 11.0. The van der Waals surface area contributed by atoms with Crippen LogP contribution in [0.25, 0.3) is 14.5 Å². The smallest absolute Gasteiger partial charge is 0.255 e. The van der Waals surface area contributed by atoms with E-state index in [9.17, 15) is 5.11 Å². The lowest BCUT2D eigenvalue weighted by atomic mass is 9.51. The van der Waals surface area contributed by atoms with Crippen LogP contribution in [0.1, 0.15) is 73.1 Å². The summed E-state index contributed by atoms with van der Waals surface area (Å²) in [4.78, 5) is 11.7. The van der Waals surface area contributed by atoms with Crippen LogP contribution >= 0.6 is 0 Å². The van der Waals surface area contributed by atoms with E-state index in [0.29, 0.717) is 6.42 Å². The first kappa shape index (κ1) is 21.1. The molecule has 3 aliphatic rings. The fraction of sp³-hybridized carbons (Fsp3) is 0.870. The van der Waals surface area contributed by atoms with Crippen molar-refractivity contribution in [3.63, 3.8) is 0 Å². The van der Waals surface area contributed by atoms with Crippen molar-refractivity contribution in [3.05, 3.63) is 34.3 Å². The molecule has 0 aromatic heterocycles. The molecule has 1 N–H and O–H groups in total. The molecule has 3 fully saturated rings. The van der Waals surface area contributed by atoms with Crippen molar-refractivity contribution in [1.82, 2.24) is 0 Å². The molecule has 5 heteroatoms. The Kier molecular flexibility index (Phi) is 5.07. The third-order valence-electron chi connectivity index (χ3n) is 8.22. The predicted molar refractivity (Wildman–Crippen MR) is 108 cm³/mol. The summed E-state index contributed by atoms with van der Waals surface area (Å²) in [5.41, 5.74) is -2.46. The van der Waals surface area contributed by atoms with Gasteiger partial charge in [0, 0.05) is 33.1 Å². The molecule has 0 radical (unpaired) electrons.